The van der Waals surface area contributed by atoms with Gasteiger partial charge in [0.25, 0.3) is 0 Å². The van der Waals surface area contributed by atoms with Gasteiger partial charge in [0.15, 0.2) is 0 Å². The summed E-state index contributed by atoms with van der Waals surface area (Å²) in [5.41, 5.74) is 3.22. The van der Waals surface area contributed by atoms with E-state index >= 15 is 0 Å². The highest BCUT2D eigenvalue weighted by atomic mass is 16.3. The lowest BCUT2D eigenvalue weighted by Crippen LogP contribution is -2.43. The molecule has 1 aromatic rings. The molecule has 7 nitrogen and oxygen atoms in total. The summed E-state index contributed by atoms with van der Waals surface area (Å²) in [7, 11) is 0. The number of allylic oxidation sites excluding steroid dienone is 3. The molecule has 136 valence electrons. The molecule has 0 heterocycles. The van der Waals surface area contributed by atoms with Gasteiger partial charge in [-0.1, -0.05) is 17.7 Å². The zero-order valence-corrected chi connectivity index (χ0v) is 14.7. The van der Waals surface area contributed by atoms with Crippen molar-refractivity contribution in [2.24, 2.45) is 4.99 Å². The molecule has 1 aliphatic carbocycles. The standard InChI is InChI=1S/C19H23N5O2/c1-14-3-5-15(6-4-14)13-22-18(24-19(26)21-12-2-11-20)23-16-7-9-17(25)10-8-16/h3,5,7-10,25H,2,4,6,12-13H2,1H3,(H3,21,22,23,24,26). The maximum Gasteiger partial charge on any atom is 0.321 e. The largest absolute Gasteiger partial charge is 0.508 e. The van der Waals surface area contributed by atoms with Crippen LogP contribution < -0.4 is 16.0 Å². The van der Waals surface area contributed by atoms with Crippen LogP contribution in [0, 0.1) is 11.3 Å². The van der Waals surface area contributed by atoms with Crippen molar-refractivity contribution in [2.45, 2.75) is 26.2 Å². The second-order valence-corrected chi connectivity index (χ2v) is 5.96. The highest BCUT2D eigenvalue weighted by Gasteiger charge is 2.08. The summed E-state index contributed by atoms with van der Waals surface area (Å²) in [6, 6.07) is 8.00. The molecule has 0 bridgehead atoms. The van der Waals surface area contributed by atoms with Crippen molar-refractivity contribution in [1.29, 1.82) is 5.26 Å². The monoisotopic (exact) mass is 353 g/mol. The molecule has 2 amide bonds. The maximum atomic E-state index is 12.0. The Morgan fingerprint density at radius 1 is 1.27 bits per heavy atom. The average molecular weight is 353 g/mol. The summed E-state index contributed by atoms with van der Waals surface area (Å²) >= 11 is 0. The first-order valence-electron chi connectivity index (χ1n) is 8.44. The summed E-state index contributed by atoms with van der Waals surface area (Å²) in [4.78, 5) is 16.4. The van der Waals surface area contributed by atoms with Gasteiger partial charge in [-0.25, -0.2) is 9.79 Å². The van der Waals surface area contributed by atoms with Crippen LogP contribution in [0.2, 0.25) is 0 Å². The van der Waals surface area contributed by atoms with Crippen LogP contribution in [-0.4, -0.2) is 30.2 Å². The minimum absolute atomic E-state index is 0.158. The summed E-state index contributed by atoms with van der Waals surface area (Å²) in [5, 5.41) is 26.2. The van der Waals surface area contributed by atoms with Crippen molar-refractivity contribution < 1.29 is 9.90 Å². The van der Waals surface area contributed by atoms with E-state index in [1.807, 2.05) is 6.07 Å². The highest BCUT2D eigenvalue weighted by molar-refractivity contribution is 6.03. The fraction of sp³-hybridized carbons (Fsp3) is 0.316. The number of nitrogens with zero attached hydrogens (tertiary/aromatic N) is 2. The Kier molecular flexibility index (Phi) is 7.25. The van der Waals surface area contributed by atoms with Gasteiger partial charge in [-0.15, -0.1) is 0 Å². The molecule has 0 saturated heterocycles. The van der Waals surface area contributed by atoms with E-state index < -0.39 is 6.03 Å². The van der Waals surface area contributed by atoms with E-state index in [1.54, 1.807) is 24.3 Å². The summed E-state index contributed by atoms with van der Waals surface area (Å²) < 4.78 is 0. The summed E-state index contributed by atoms with van der Waals surface area (Å²) in [6.45, 7) is 2.84. The predicted molar refractivity (Wildman–Crippen MR) is 102 cm³/mol. The number of benzene rings is 1. The number of hydrogen-bond acceptors (Lipinski definition) is 4. The Hall–Kier alpha value is -3.27. The molecule has 2 rings (SSSR count). The molecule has 0 atom stereocenters. The molecular weight excluding hydrogens is 330 g/mol. The highest BCUT2D eigenvalue weighted by Crippen LogP contribution is 2.18. The first-order chi connectivity index (χ1) is 12.6. The van der Waals surface area contributed by atoms with Gasteiger partial charge >= 0.3 is 6.03 Å². The molecule has 0 unspecified atom stereocenters. The van der Waals surface area contributed by atoms with Crippen LogP contribution in [0.25, 0.3) is 0 Å². The van der Waals surface area contributed by atoms with Gasteiger partial charge < -0.3 is 15.7 Å². The van der Waals surface area contributed by atoms with Crippen LogP contribution in [0.15, 0.2) is 52.6 Å². The molecule has 0 fully saturated rings. The molecule has 26 heavy (non-hydrogen) atoms. The van der Waals surface area contributed by atoms with E-state index in [-0.39, 0.29) is 18.7 Å². The minimum Gasteiger partial charge on any atom is -0.508 e. The number of phenolic OH excluding ortho intramolecular Hbond substituents is 1. The van der Waals surface area contributed by atoms with Gasteiger partial charge in [-0.2, -0.15) is 5.26 Å². The maximum absolute atomic E-state index is 12.0. The Morgan fingerprint density at radius 2 is 2.04 bits per heavy atom. The van der Waals surface area contributed by atoms with Gasteiger partial charge in [-0.3, -0.25) is 5.32 Å². The van der Waals surface area contributed by atoms with E-state index in [4.69, 9.17) is 5.26 Å². The van der Waals surface area contributed by atoms with Crippen molar-refractivity contribution in [2.75, 3.05) is 18.4 Å². The van der Waals surface area contributed by atoms with Crippen LogP contribution in [-0.2, 0) is 0 Å². The minimum atomic E-state index is -0.432. The van der Waals surface area contributed by atoms with Gasteiger partial charge in [-0.05, 0) is 49.6 Å². The molecule has 0 saturated carbocycles. The molecule has 4 N–H and O–H groups in total. The van der Waals surface area contributed by atoms with E-state index in [1.165, 1.54) is 11.1 Å². The predicted octanol–water partition coefficient (Wildman–Crippen LogP) is 3.04. The number of phenols is 1. The van der Waals surface area contributed by atoms with E-state index in [0.29, 0.717) is 18.2 Å². The van der Waals surface area contributed by atoms with Crippen molar-refractivity contribution >= 4 is 17.7 Å². The number of guanidine groups is 1. The quantitative estimate of drug-likeness (QED) is 0.282. The first-order valence-corrected chi connectivity index (χ1v) is 8.44. The SMILES string of the molecule is CC1=CC=C(CN=C(NC(=O)NCCC#N)Nc2ccc(O)cc2)CC1. The van der Waals surface area contributed by atoms with E-state index in [0.717, 1.165) is 12.8 Å². The molecule has 0 aliphatic heterocycles. The Bertz CT molecular complexity index is 757. The Morgan fingerprint density at radius 3 is 2.69 bits per heavy atom. The topological polar surface area (TPSA) is 110 Å². The van der Waals surface area contributed by atoms with E-state index in [2.05, 4.69) is 40.0 Å². The lowest BCUT2D eigenvalue weighted by molar-refractivity contribution is 0.245. The molecule has 1 aromatic carbocycles. The van der Waals surface area contributed by atoms with Crippen molar-refractivity contribution in [3.8, 4) is 11.8 Å². The molecule has 7 heteroatoms. The number of carbonyl (C=O) groups is 1. The number of anilines is 1. The molecule has 0 radical (unpaired) electrons. The van der Waals surface area contributed by atoms with Crippen LogP contribution in [0.3, 0.4) is 0 Å². The Balaban J connectivity index is 2.04. The average Bonchev–Trinajstić information content (AvgIpc) is 2.63. The van der Waals surface area contributed by atoms with Gasteiger partial charge in [0.2, 0.25) is 5.96 Å². The second kappa shape index (κ2) is 9.89. The third-order valence-corrected chi connectivity index (χ3v) is 3.77. The number of aromatic hydroxyl groups is 1. The summed E-state index contributed by atoms with van der Waals surface area (Å²) in [5.74, 6) is 0.461. The molecule has 1 aliphatic rings. The third-order valence-electron chi connectivity index (χ3n) is 3.77. The van der Waals surface area contributed by atoms with Gasteiger partial charge in [0.05, 0.1) is 19.0 Å². The number of nitriles is 1. The van der Waals surface area contributed by atoms with Crippen LogP contribution in [0.5, 0.6) is 5.75 Å². The number of urea groups is 1. The zero-order valence-electron chi connectivity index (χ0n) is 14.7. The lowest BCUT2D eigenvalue weighted by atomic mass is 10.00. The lowest BCUT2D eigenvalue weighted by Gasteiger charge is -2.14. The fourth-order valence-electron chi connectivity index (χ4n) is 2.27. The first kappa shape index (κ1) is 19.1. The van der Waals surface area contributed by atoms with Gasteiger partial charge in [0.1, 0.15) is 5.75 Å². The summed E-state index contributed by atoms with van der Waals surface area (Å²) in [6.07, 6.45) is 6.36. The number of aliphatic imine (C=N–C) groups is 1. The zero-order chi connectivity index (χ0) is 18.8. The second-order valence-electron chi connectivity index (χ2n) is 5.96. The van der Waals surface area contributed by atoms with Crippen molar-refractivity contribution in [3.05, 3.63) is 47.6 Å². The number of rotatable bonds is 5. The number of amides is 2. The smallest absolute Gasteiger partial charge is 0.321 e. The van der Waals surface area contributed by atoms with Crippen molar-refractivity contribution in [1.82, 2.24) is 10.6 Å². The number of hydrogen-bond donors (Lipinski definition) is 4. The number of nitrogens with one attached hydrogen (secondary N) is 3. The fourth-order valence-corrected chi connectivity index (χ4v) is 2.27. The van der Waals surface area contributed by atoms with Crippen LogP contribution in [0.1, 0.15) is 26.2 Å². The van der Waals surface area contributed by atoms with E-state index in [9.17, 15) is 9.90 Å². The van der Waals surface area contributed by atoms with Gasteiger partial charge in [0, 0.05) is 12.2 Å². The van der Waals surface area contributed by atoms with Crippen LogP contribution in [0.4, 0.5) is 10.5 Å². The normalized spacial score (nSPS) is 13.9. The molecular formula is C19H23N5O2. The molecule has 0 spiro atoms. The number of carbonyl (C=O) groups excluding carboxylic acids is 1. The van der Waals surface area contributed by atoms with Crippen LogP contribution >= 0.6 is 0 Å². The van der Waals surface area contributed by atoms with Crippen molar-refractivity contribution in [3.63, 3.8) is 0 Å². The Labute approximate surface area is 153 Å². The molecule has 0 aromatic heterocycles. The third kappa shape index (κ3) is 6.69.